The standard InChI is InChI=1S/C15H18N2O2/c1-17-14(9-13(16)15(18)19)12-7-6-10-4-2-3-5-11(10)8-12/h2-8,13-14,17H,9,16H2,1H3,(H,18,19). The molecule has 0 amide bonds. The molecular weight excluding hydrogens is 240 g/mol. The van der Waals surface area contributed by atoms with Gasteiger partial charge in [-0.05, 0) is 35.9 Å². The quantitative estimate of drug-likeness (QED) is 0.765. The van der Waals surface area contributed by atoms with Crippen molar-refractivity contribution in [2.24, 2.45) is 5.73 Å². The van der Waals surface area contributed by atoms with Crippen LogP contribution in [0.15, 0.2) is 42.5 Å². The fourth-order valence-corrected chi connectivity index (χ4v) is 2.20. The Kier molecular flexibility index (Phi) is 4.14. The lowest BCUT2D eigenvalue weighted by atomic mass is 9.97. The molecule has 4 N–H and O–H groups in total. The molecule has 2 unspecified atom stereocenters. The average Bonchev–Trinajstić information content (AvgIpc) is 2.43. The van der Waals surface area contributed by atoms with Crippen molar-refractivity contribution in [3.8, 4) is 0 Å². The van der Waals surface area contributed by atoms with E-state index < -0.39 is 12.0 Å². The van der Waals surface area contributed by atoms with Crippen molar-refractivity contribution in [3.63, 3.8) is 0 Å². The highest BCUT2D eigenvalue weighted by Gasteiger charge is 2.19. The summed E-state index contributed by atoms with van der Waals surface area (Å²) in [6.07, 6.45) is 0.365. The Bertz CT molecular complexity index is 583. The van der Waals surface area contributed by atoms with E-state index in [0.29, 0.717) is 6.42 Å². The summed E-state index contributed by atoms with van der Waals surface area (Å²) in [6, 6.07) is 13.3. The van der Waals surface area contributed by atoms with Gasteiger partial charge in [0, 0.05) is 6.04 Å². The molecule has 4 nitrogen and oxygen atoms in total. The van der Waals surface area contributed by atoms with Crippen molar-refractivity contribution in [2.75, 3.05) is 7.05 Å². The van der Waals surface area contributed by atoms with Crippen LogP contribution in [0.5, 0.6) is 0 Å². The van der Waals surface area contributed by atoms with Crippen molar-refractivity contribution in [2.45, 2.75) is 18.5 Å². The van der Waals surface area contributed by atoms with Gasteiger partial charge in [-0.3, -0.25) is 4.79 Å². The number of benzene rings is 2. The fourth-order valence-electron chi connectivity index (χ4n) is 2.20. The number of fused-ring (bicyclic) bond motifs is 1. The number of nitrogens with one attached hydrogen (secondary N) is 1. The lowest BCUT2D eigenvalue weighted by Gasteiger charge is -2.19. The number of carboxylic acid groups (broad SMARTS) is 1. The lowest BCUT2D eigenvalue weighted by Crippen LogP contribution is -2.34. The van der Waals surface area contributed by atoms with Gasteiger partial charge in [0.05, 0.1) is 0 Å². The molecule has 0 heterocycles. The third-order valence-corrected chi connectivity index (χ3v) is 3.33. The van der Waals surface area contributed by atoms with Crippen LogP contribution in [0.25, 0.3) is 10.8 Å². The largest absolute Gasteiger partial charge is 0.480 e. The first kappa shape index (κ1) is 13.5. The van der Waals surface area contributed by atoms with E-state index in [1.54, 1.807) is 0 Å². The predicted molar refractivity (Wildman–Crippen MR) is 76.0 cm³/mol. The zero-order chi connectivity index (χ0) is 13.8. The molecule has 0 aromatic heterocycles. The summed E-state index contributed by atoms with van der Waals surface area (Å²) in [5, 5.41) is 14.3. The molecule has 0 aliphatic rings. The molecule has 0 saturated heterocycles. The van der Waals surface area contributed by atoms with Gasteiger partial charge >= 0.3 is 5.97 Å². The van der Waals surface area contributed by atoms with Crippen LogP contribution in [0.1, 0.15) is 18.0 Å². The number of aliphatic carboxylic acids is 1. The van der Waals surface area contributed by atoms with E-state index in [1.807, 2.05) is 37.4 Å². The molecule has 0 spiro atoms. The van der Waals surface area contributed by atoms with Crippen LogP contribution in [0, 0.1) is 0 Å². The molecule has 0 aliphatic carbocycles. The lowest BCUT2D eigenvalue weighted by molar-refractivity contribution is -0.138. The monoisotopic (exact) mass is 258 g/mol. The first-order valence-corrected chi connectivity index (χ1v) is 6.26. The zero-order valence-electron chi connectivity index (χ0n) is 10.8. The molecule has 100 valence electrons. The topological polar surface area (TPSA) is 75.3 Å². The van der Waals surface area contributed by atoms with Gasteiger partial charge < -0.3 is 16.2 Å². The number of hydrogen-bond donors (Lipinski definition) is 3. The molecule has 0 bridgehead atoms. The summed E-state index contributed by atoms with van der Waals surface area (Å²) in [5.74, 6) is -0.971. The number of carboxylic acids is 1. The Morgan fingerprint density at radius 1 is 1.26 bits per heavy atom. The molecule has 2 aromatic rings. The molecule has 2 rings (SSSR count). The van der Waals surface area contributed by atoms with Crippen molar-refractivity contribution < 1.29 is 9.90 Å². The second kappa shape index (κ2) is 5.82. The van der Waals surface area contributed by atoms with Crippen LogP contribution >= 0.6 is 0 Å². The van der Waals surface area contributed by atoms with E-state index in [0.717, 1.165) is 10.9 Å². The van der Waals surface area contributed by atoms with Crippen LogP contribution in [0.2, 0.25) is 0 Å². The average molecular weight is 258 g/mol. The van der Waals surface area contributed by atoms with E-state index in [4.69, 9.17) is 10.8 Å². The molecule has 0 aliphatic heterocycles. The van der Waals surface area contributed by atoms with Crippen LogP contribution in [0.3, 0.4) is 0 Å². The van der Waals surface area contributed by atoms with Gasteiger partial charge in [-0.15, -0.1) is 0 Å². The molecule has 0 saturated carbocycles. The predicted octanol–water partition coefficient (Wildman–Crippen LogP) is 1.90. The molecule has 4 heteroatoms. The van der Waals surface area contributed by atoms with Crippen molar-refractivity contribution in [1.82, 2.24) is 5.32 Å². The highest BCUT2D eigenvalue weighted by molar-refractivity contribution is 5.83. The Labute approximate surface area is 112 Å². The van der Waals surface area contributed by atoms with Gasteiger partial charge in [0.15, 0.2) is 0 Å². The highest BCUT2D eigenvalue weighted by Crippen LogP contribution is 2.23. The van der Waals surface area contributed by atoms with E-state index in [-0.39, 0.29) is 6.04 Å². The van der Waals surface area contributed by atoms with E-state index in [2.05, 4.69) is 17.4 Å². The summed E-state index contributed by atoms with van der Waals surface area (Å²) >= 11 is 0. The van der Waals surface area contributed by atoms with Crippen LogP contribution < -0.4 is 11.1 Å². The molecule has 19 heavy (non-hydrogen) atoms. The van der Waals surface area contributed by atoms with Gasteiger partial charge in [-0.1, -0.05) is 36.4 Å². The molecule has 0 radical (unpaired) electrons. The van der Waals surface area contributed by atoms with Crippen LogP contribution in [0.4, 0.5) is 0 Å². The van der Waals surface area contributed by atoms with Crippen molar-refractivity contribution in [3.05, 3.63) is 48.0 Å². The minimum atomic E-state index is -0.971. The molecule has 2 atom stereocenters. The van der Waals surface area contributed by atoms with Crippen molar-refractivity contribution in [1.29, 1.82) is 0 Å². The van der Waals surface area contributed by atoms with E-state index >= 15 is 0 Å². The summed E-state index contributed by atoms with van der Waals surface area (Å²) < 4.78 is 0. The maximum Gasteiger partial charge on any atom is 0.320 e. The van der Waals surface area contributed by atoms with Gasteiger partial charge in [0.25, 0.3) is 0 Å². The third-order valence-electron chi connectivity index (χ3n) is 3.33. The third kappa shape index (κ3) is 3.10. The minimum Gasteiger partial charge on any atom is -0.480 e. The summed E-state index contributed by atoms with van der Waals surface area (Å²) in [4.78, 5) is 10.8. The van der Waals surface area contributed by atoms with E-state index in [9.17, 15) is 4.79 Å². The maximum atomic E-state index is 10.8. The zero-order valence-corrected chi connectivity index (χ0v) is 10.8. The Morgan fingerprint density at radius 3 is 2.58 bits per heavy atom. The number of hydrogen-bond acceptors (Lipinski definition) is 3. The van der Waals surface area contributed by atoms with Crippen molar-refractivity contribution >= 4 is 16.7 Å². The molecular formula is C15H18N2O2. The van der Waals surface area contributed by atoms with Gasteiger partial charge in [-0.25, -0.2) is 0 Å². The Hall–Kier alpha value is -1.91. The Balaban J connectivity index is 2.27. The smallest absolute Gasteiger partial charge is 0.320 e. The highest BCUT2D eigenvalue weighted by atomic mass is 16.4. The van der Waals surface area contributed by atoms with Crippen LogP contribution in [-0.4, -0.2) is 24.2 Å². The number of nitrogens with two attached hydrogens (primary N) is 1. The Morgan fingerprint density at radius 2 is 1.95 bits per heavy atom. The normalized spacial score (nSPS) is 14.2. The first-order chi connectivity index (χ1) is 9.11. The second-order valence-electron chi connectivity index (χ2n) is 4.63. The van der Waals surface area contributed by atoms with Gasteiger partial charge in [0.1, 0.15) is 6.04 Å². The SMILES string of the molecule is CNC(CC(N)C(=O)O)c1ccc2ccccc2c1. The second-order valence-corrected chi connectivity index (χ2v) is 4.63. The van der Waals surface area contributed by atoms with Gasteiger partial charge in [0.2, 0.25) is 0 Å². The molecule has 0 fully saturated rings. The van der Waals surface area contributed by atoms with Crippen LogP contribution in [-0.2, 0) is 4.79 Å². The molecule has 2 aromatic carbocycles. The van der Waals surface area contributed by atoms with Gasteiger partial charge in [-0.2, -0.15) is 0 Å². The fraction of sp³-hybridized carbons (Fsp3) is 0.267. The summed E-state index contributed by atoms with van der Waals surface area (Å²) in [7, 11) is 1.81. The summed E-state index contributed by atoms with van der Waals surface area (Å²) in [5.41, 5.74) is 6.66. The number of carbonyl (C=O) groups is 1. The van der Waals surface area contributed by atoms with E-state index in [1.165, 1.54) is 5.39 Å². The maximum absolute atomic E-state index is 10.8. The minimum absolute atomic E-state index is 0.0595. The first-order valence-electron chi connectivity index (χ1n) is 6.26. The summed E-state index contributed by atoms with van der Waals surface area (Å²) in [6.45, 7) is 0. The number of rotatable bonds is 5.